The molecule has 0 atom stereocenters. The van der Waals surface area contributed by atoms with Gasteiger partial charge in [-0.25, -0.2) is 8.78 Å². The van der Waals surface area contributed by atoms with Gasteiger partial charge < -0.3 is 15.7 Å². The number of carbonyl (C=O) groups excluding carboxylic acids is 1. The molecule has 0 aliphatic rings. The largest absolute Gasteiger partial charge is 0.503 e. The highest BCUT2D eigenvalue weighted by molar-refractivity contribution is 5.81. The van der Waals surface area contributed by atoms with Crippen molar-refractivity contribution in [2.45, 2.75) is 20.4 Å². The fourth-order valence-electron chi connectivity index (χ4n) is 1.66. The van der Waals surface area contributed by atoms with E-state index in [9.17, 15) is 13.6 Å². The Morgan fingerprint density at radius 3 is 2.32 bits per heavy atom. The van der Waals surface area contributed by atoms with E-state index < -0.39 is 22.8 Å². The fourth-order valence-corrected chi connectivity index (χ4v) is 1.66. The Bertz CT molecular complexity index is 453. The minimum absolute atomic E-state index is 0.122. The third-order valence-corrected chi connectivity index (χ3v) is 2.81. The number of aromatic hydroxyl groups is 1. The molecule has 0 spiro atoms. The lowest BCUT2D eigenvalue weighted by Crippen LogP contribution is -2.41. The molecule has 1 rings (SSSR count). The van der Waals surface area contributed by atoms with E-state index in [1.807, 2.05) is 0 Å². The highest BCUT2D eigenvalue weighted by atomic mass is 19.1. The molecule has 0 aliphatic carbocycles. The van der Waals surface area contributed by atoms with Crippen LogP contribution in [0.25, 0.3) is 0 Å². The van der Waals surface area contributed by atoms with E-state index in [1.54, 1.807) is 20.9 Å². The zero-order valence-corrected chi connectivity index (χ0v) is 11.2. The van der Waals surface area contributed by atoms with Gasteiger partial charge in [-0.1, -0.05) is 0 Å². The highest BCUT2D eigenvalue weighted by Crippen LogP contribution is 2.21. The average molecular weight is 272 g/mol. The van der Waals surface area contributed by atoms with E-state index in [0.29, 0.717) is 12.1 Å². The maximum absolute atomic E-state index is 13.1. The maximum atomic E-state index is 13.1. The van der Waals surface area contributed by atoms with Gasteiger partial charge in [0.25, 0.3) is 0 Å². The third-order valence-electron chi connectivity index (χ3n) is 2.81. The Morgan fingerprint density at radius 2 is 1.84 bits per heavy atom. The first kappa shape index (κ1) is 15.4. The smallest absolute Gasteiger partial charge is 0.226 e. The third kappa shape index (κ3) is 3.89. The monoisotopic (exact) mass is 272 g/mol. The van der Waals surface area contributed by atoms with Gasteiger partial charge in [0.2, 0.25) is 5.91 Å². The molecule has 6 heteroatoms. The van der Waals surface area contributed by atoms with Crippen molar-refractivity contribution < 1.29 is 18.7 Å². The van der Waals surface area contributed by atoms with Crippen LogP contribution in [0, 0.1) is 17.0 Å². The quantitative estimate of drug-likeness (QED) is 0.762. The second kappa shape index (κ2) is 5.97. The summed E-state index contributed by atoms with van der Waals surface area (Å²) >= 11 is 0. The van der Waals surface area contributed by atoms with E-state index in [2.05, 4.69) is 10.6 Å². The van der Waals surface area contributed by atoms with Gasteiger partial charge >= 0.3 is 0 Å². The number of rotatable bonds is 5. The molecule has 0 fully saturated rings. The molecule has 0 bridgehead atoms. The van der Waals surface area contributed by atoms with E-state index in [0.717, 1.165) is 12.1 Å². The first-order valence-electron chi connectivity index (χ1n) is 5.87. The summed E-state index contributed by atoms with van der Waals surface area (Å²) in [6.45, 7) is 4.08. The minimum Gasteiger partial charge on any atom is -0.503 e. The number of amides is 1. The van der Waals surface area contributed by atoms with Crippen LogP contribution >= 0.6 is 0 Å². The average Bonchev–Trinajstić information content (AvgIpc) is 2.34. The van der Waals surface area contributed by atoms with Gasteiger partial charge in [-0.15, -0.1) is 0 Å². The van der Waals surface area contributed by atoms with Gasteiger partial charge in [-0.05, 0) is 31.5 Å². The predicted octanol–water partition coefficient (Wildman–Crippen LogP) is 1.53. The second-order valence-corrected chi connectivity index (χ2v) is 4.97. The first-order valence-corrected chi connectivity index (χ1v) is 5.87. The van der Waals surface area contributed by atoms with Crippen LogP contribution in [0.3, 0.4) is 0 Å². The highest BCUT2D eigenvalue weighted by Gasteiger charge is 2.25. The summed E-state index contributed by atoms with van der Waals surface area (Å²) in [7, 11) is 1.55. The van der Waals surface area contributed by atoms with Crippen molar-refractivity contribution in [3.63, 3.8) is 0 Å². The Hall–Kier alpha value is -1.69. The molecule has 1 aromatic rings. The molecule has 106 valence electrons. The van der Waals surface area contributed by atoms with E-state index >= 15 is 0 Å². The molecular weight excluding hydrogens is 254 g/mol. The summed E-state index contributed by atoms with van der Waals surface area (Å²) in [5.74, 6) is -3.10. The predicted molar refractivity (Wildman–Crippen MR) is 67.6 cm³/mol. The molecule has 1 amide bonds. The molecule has 0 aliphatic heterocycles. The second-order valence-electron chi connectivity index (χ2n) is 4.97. The first-order chi connectivity index (χ1) is 8.77. The Kier molecular flexibility index (Phi) is 4.83. The number of hydrogen-bond donors (Lipinski definition) is 3. The van der Waals surface area contributed by atoms with Gasteiger partial charge in [-0.2, -0.15) is 0 Å². The van der Waals surface area contributed by atoms with E-state index in [1.165, 1.54) is 0 Å². The number of halogens is 2. The van der Waals surface area contributed by atoms with Gasteiger partial charge in [0, 0.05) is 20.1 Å². The van der Waals surface area contributed by atoms with Crippen LogP contribution in [-0.2, 0) is 11.3 Å². The van der Waals surface area contributed by atoms with Crippen LogP contribution in [0.1, 0.15) is 19.4 Å². The van der Waals surface area contributed by atoms with Crippen LogP contribution in [-0.4, -0.2) is 24.6 Å². The van der Waals surface area contributed by atoms with Gasteiger partial charge in [0.15, 0.2) is 17.4 Å². The summed E-state index contributed by atoms with van der Waals surface area (Å²) in [5, 5.41) is 14.5. The molecule has 19 heavy (non-hydrogen) atoms. The van der Waals surface area contributed by atoms with Crippen molar-refractivity contribution >= 4 is 5.91 Å². The minimum atomic E-state index is -0.998. The number of benzene rings is 1. The normalized spacial score (nSPS) is 11.4. The van der Waals surface area contributed by atoms with Crippen LogP contribution in [0.5, 0.6) is 5.75 Å². The zero-order valence-electron chi connectivity index (χ0n) is 11.2. The lowest BCUT2D eigenvalue weighted by atomic mass is 9.92. The van der Waals surface area contributed by atoms with E-state index in [-0.39, 0.29) is 12.5 Å². The number of phenolic OH excluding ortho intramolecular Hbond substituents is 1. The standard InChI is InChI=1S/C13H18F2N2O2/c1-13(2,12(19)16-3)7-17-6-8-4-9(14)11(18)10(15)5-8/h4-5,17-18H,6-7H2,1-3H3,(H,16,19). The molecule has 3 N–H and O–H groups in total. The van der Waals surface area contributed by atoms with Crippen LogP contribution in [0.2, 0.25) is 0 Å². The van der Waals surface area contributed by atoms with Gasteiger partial charge in [-0.3, -0.25) is 4.79 Å². The molecule has 0 saturated heterocycles. The molecule has 1 aromatic carbocycles. The van der Waals surface area contributed by atoms with Crippen molar-refractivity contribution in [2.24, 2.45) is 5.41 Å². The number of hydrogen-bond acceptors (Lipinski definition) is 3. The van der Waals surface area contributed by atoms with Crippen LogP contribution in [0.4, 0.5) is 8.78 Å². The SMILES string of the molecule is CNC(=O)C(C)(C)CNCc1cc(F)c(O)c(F)c1. The zero-order chi connectivity index (χ0) is 14.6. The summed E-state index contributed by atoms with van der Waals surface area (Å²) in [4.78, 5) is 11.5. The fraction of sp³-hybridized carbons (Fsp3) is 0.462. The molecule has 0 aromatic heterocycles. The van der Waals surface area contributed by atoms with Crippen molar-refractivity contribution in [3.8, 4) is 5.75 Å². The molecule has 0 saturated carbocycles. The number of nitrogens with one attached hydrogen (secondary N) is 2. The van der Waals surface area contributed by atoms with Crippen molar-refractivity contribution in [3.05, 3.63) is 29.3 Å². The number of carbonyl (C=O) groups is 1. The molecular formula is C13H18F2N2O2. The number of phenols is 1. The van der Waals surface area contributed by atoms with Crippen molar-refractivity contribution in [1.82, 2.24) is 10.6 Å². The van der Waals surface area contributed by atoms with E-state index in [4.69, 9.17) is 5.11 Å². The van der Waals surface area contributed by atoms with Crippen LogP contribution < -0.4 is 10.6 Å². The Labute approximate surface area is 110 Å². The lowest BCUT2D eigenvalue weighted by molar-refractivity contribution is -0.128. The molecule has 0 radical (unpaired) electrons. The summed E-state index contributed by atoms with van der Waals surface area (Å²) in [5.41, 5.74) is -0.261. The Balaban J connectivity index is 2.61. The summed E-state index contributed by atoms with van der Waals surface area (Å²) in [6, 6.07) is 2.11. The Morgan fingerprint density at radius 1 is 1.32 bits per heavy atom. The topological polar surface area (TPSA) is 61.4 Å². The maximum Gasteiger partial charge on any atom is 0.226 e. The van der Waals surface area contributed by atoms with Crippen molar-refractivity contribution in [1.29, 1.82) is 0 Å². The van der Waals surface area contributed by atoms with Crippen LogP contribution in [0.15, 0.2) is 12.1 Å². The molecule has 0 heterocycles. The molecule has 4 nitrogen and oxygen atoms in total. The van der Waals surface area contributed by atoms with Gasteiger partial charge in [0.05, 0.1) is 5.41 Å². The van der Waals surface area contributed by atoms with Gasteiger partial charge in [0.1, 0.15) is 0 Å². The van der Waals surface area contributed by atoms with Crippen molar-refractivity contribution in [2.75, 3.05) is 13.6 Å². The lowest BCUT2D eigenvalue weighted by Gasteiger charge is -2.23. The summed E-state index contributed by atoms with van der Waals surface area (Å²) < 4.78 is 26.2. The summed E-state index contributed by atoms with van der Waals surface area (Å²) in [6.07, 6.45) is 0. The molecule has 0 unspecified atom stereocenters.